The topological polar surface area (TPSA) is 55.2 Å². The summed E-state index contributed by atoms with van der Waals surface area (Å²) in [6, 6.07) is 9.61. The van der Waals surface area contributed by atoms with Gasteiger partial charge in [0.15, 0.2) is 0 Å². The van der Waals surface area contributed by atoms with E-state index in [0.717, 1.165) is 22.1 Å². The monoisotopic (exact) mass is 340 g/mol. The summed E-state index contributed by atoms with van der Waals surface area (Å²) in [4.78, 5) is 12.6. The molecule has 0 bridgehead atoms. The lowest BCUT2D eigenvalue weighted by Crippen LogP contribution is -2.23. The molecule has 1 unspecified atom stereocenters. The molecule has 0 saturated carbocycles. The van der Waals surface area contributed by atoms with E-state index in [1.807, 2.05) is 30.0 Å². The molecule has 0 aliphatic carbocycles. The van der Waals surface area contributed by atoms with Crippen LogP contribution in [0.1, 0.15) is 22.9 Å². The van der Waals surface area contributed by atoms with Crippen molar-refractivity contribution in [1.29, 1.82) is 0 Å². The van der Waals surface area contributed by atoms with Gasteiger partial charge in [0.2, 0.25) is 0 Å². The molecule has 0 spiro atoms. The summed E-state index contributed by atoms with van der Waals surface area (Å²) in [5.41, 5.74) is 1.23. The maximum atomic E-state index is 10.7. The standard InChI is InChI=1S/C14H13ClN2O2S2/c15-9-1-3-13-11(7-9)12(5-6-20-13)16-8-10-2-4-14(21-10)17(18)19/h1-4,7,12,16H,5-6,8H2. The van der Waals surface area contributed by atoms with Crippen molar-refractivity contribution in [2.75, 3.05) is 5.75 Å². The van der Waals surface area contributed by atoms with E-state index in [-0.39, 0.29) is 16.0 Å². The highest BCUT2D eigenvalue weighted by atomic mass is 35.5. The number of hydrogen-bond acceptors (Lipinski definition) is 5. The number of thiophene rings is 1. The van der Waals surface area contributed by atoms with Crippen molar-refractivity contribution in [1.82, 2.24) is 5.32 Å². The Hall–Kier alpha value is -1.08. The molecule has 2 heterocycles. The fourth-order valence-corrected chi connectivity index (χ4v) is 4.42. The number of rotatable bonds is 4. The summed E-state index contributed by atoms with van der Waals surface area (Å²) < 4.78 is 0. The van der Waals surface area contributed by atoms with Gasteiger partial charge in [-0.3, -0.25) is 10.1 Å². The number of nitrogens with zero attached hydrogens (tertiary/aromatic N) is 1. The molecular formula is C14H13ClN2O2S2. The number of benzene rings is 1. The first-order valence-electron chi connectivity index (χ1n) is 6.52. The molecule has 21 heavy (non-hydrogen) atoms. The maximum Gasteiger partial charge on any atom is 0.324 e. The molecule has 3 rings (SSSR count). The molecule has 1 aliphatic rings. The normalized spacial score (nSPS) is 17.5. The number of fused-ring (bicyclic) bond motifs is 1. The Kier molecular flexibility index (Phi) is 4.49. The van der Waals surface area contributed by atoms with E-state index >= 15 is 0 Å². The van der Waals surface area contributed by atoms with Gasteiger partial charge in [-0.05, 0) is 42.0 Å². The van der Waals surface area contributed by atoms with Gasteiger partial charge in [-0.2, -0.15) is 0 Å². The Morgan fingerprint density at radius 2 is 2.24 bits per heavy atom. The predicted molar refractivity (Wildman–Crippen MR) is 87.3 cm³/mol. The number of hydrogen-bond donors (Lipinski definition) is 1. The minimum atomic E-state index is -0.347. The first-order valence-corrected chi connectivity index (χ1v) is 8.70. The average Bonchev–Trinajstić information content (AvgIpc) is 2.94. The van der Waals surface area contributed by atoms with Crippen LogP contribution >= 0.6 is 34.7 Å². The van der Waals surface area contributed by atoms with Crippen molar-refractivity contribution in [2.45, 2.75) is 23.9 Å². The van der Waals surface area contributed by atoms with E-state index in [9.17, 15) is 10.1 Å². The largest absolute Gasteiger partial charge is 0.324 e. The van der Waals surface area contributed by atoms with Crippen molar-refractivity contribution in [3.63, 3.8) is 0 Å². The van der Waals surface area contributed by atoms with Crippen LogP contribution in [0.25, 0.3) is 0 Å². The van der Waals surface area contributed by atoms with Crippen molar-refractivity contribution in [3.05, 3.63) is 55.9 Å². The van der Waals surface area contributed by atoms with Crippen LogP contribution in [0.2, 0.25) is 5.02 Å². The van der Waals surface area contributed by atoms with Gasteiger partial charge in [-0.25, -0.2) is 0 Å². The molecule has 1 N–H and O–H groups in total. The maximum absolute atomic E-state index is 10.7. The molecule has 110 valence electrons. The van der Waals surface area contributed by atoms with Crippen LogP contribution in [-0.4, -0.2) is 10.7 Å². The van der Waals surface area contributed by atoms with Gasteiger partial charge in [0.05, 0.1) is 4.92 Å². The zero-order chi connectivity index (χ0) is 14.8. The lowest BCUT2D eigenvalue weighted by atomic mass is 10.0. The Bertz CT molecular complexity index is 675. The summed E-state index contributed by atoms with van der Waals surface area (Å²) in [6.07, 6.45) is 1.03. The molecule has 1 aromatic heterocycles. The SMILES string of the molecule is O=[N+]([O-])c1ccc(CNC2CCSc3ccc(Cl)cc32)s1. The van der Waals surface area contributed by atoms with Crippen LogP contribution in [0.4, 0.5) is 5.00 Å². The summed E-state index contributed by atoms with van der Waals surface area (Å²) in [5.74, 6) is 1.07. The van der Waals surface area contributed by atoms with E-state index in [1.54, 1.807) is 6.07 Å². The van der Waals surface area contributed by atoms with Crippen molar-refractivity contribution < 1.29 is 4.92 Å². The Labute approximate surface area is 135 Å². The summed E-state index contributed by atoms with van der Waals surface area (Å²) >= 11 is 9.15. The van der Waals surface area contributed by atoms with Crippen LogP contribution in [-0.2, 0) is 6.54 Å². The molecule has 1 aliphatic heterocycles. The minimum absolute atomic E-state index is 0.189. The number of thioether (sulfide) groups is 1. The van der Waals surface area contributed by atoms with Crippen LogP contribution in [0, 0.1) is 10.1 Å². The first kappa shape index (κ1) is 14.8. The fourth-order valence-electron chi connectivity index (χ4n) is 2.36. The Morgan fingerprint density at radius 3 is 3.00 bits per heavy atom. The highest BCUT2D eigenvalue weighted by Crippen LogP contribution is 2.37. The van der Waals surface area contributed by atoms with Gasteiger partial charge < -0.3 is 5.32 Å². The van der Waals surface area contributed by atoms with Crippen molar-refractivity contribution in [2.24, 2.45) is 0 Å². The zero-order valence-electron chi connectivity index (χ0n) is 11.0. The van der Waals surface area contributed by atoms with Gasteiger partial charge in [-0.1, -0.05) is 22.9 Å². The molecule has 0 amide bonds. The van der Waals surface area contributed by atoms with Gasteiger partial charge in [0.1, 0.15) is 0 Å². The van der Waals surface area contributed by atoms with Gasteiger partial charge in [-0.15, -0.1) is 11.8 Å². The molecule has 0 radical (unpaired) electrons. The zero-order valence-corrected chi connectivity index (χ0v) is 13.4. The van der Waals surface area contributed by atoms with Gasteiger partial charge in [0.25, 0.3) is 0 Å². The van der Waals surface area contributed by atoms with Crippen LogP contribution < -0.4 is 5.32 Å². The minimum Gasteiger partial charge on any atom is -0.305 e. The van der Waals surface area contributed by atoms with E-state index in [0.29, 0.717) is 6.54 Å². The van der Waals surface area contributed by atoms with E-state index in [2.05, 4.69) is 11.4 Å². The third kappa shape index (κ3) is 3.40. The first-order chi connectivity index (χ1) is 10.1. The van der Waals surface area contributed by atoms with Crippen LogP contribution in [0.5, 0.6) is 0 Å². The number of nitro groups is 1. The quantitative estimate of drug-likeness (QED) is 0.651. The molecule has 4 nitrogen and oxygen atoms in total. The summed E-state index contributed by atoms with van der Waals surface area (Å²) in [5, 5.41) is 15.1. The highest BCUT2D eigenvalue weighted by molar-refractivity contribution is 7.99. The van der Waals surface area contributed by atoms with Crippen molar-refractivity contribution in [3.8, 4) is 0 Å². The molecule has 0 saturated heterocycles. The summed E-state index contributed by atoms with van der Waals surface area (Å²) in [6.45, 7) is 0.639. The summed E-state index contributed by atoms with van der Waals surface area (Å²) in [7, 11) is 0. The van der Waals surface area contributed by atoms with E-state index in [4.69, 9.17) is 11.6 Å². The fraction of sp³-hybridized carbons (Fsp3) is 0.286. The molecule has 0 fully saturated rings. The highest BCUT2D eigenvalue weighted by Gasteiger charge is 2.21. The molecule has 2 aromatic rings. The molecule has 7 heteroatoms. The van der Waals surface area contributed by atoms with Gasteiger partial charge >= 0.3 is 5.00 Å². The Balaban J connectivity index is 1.71. The third-order valence-electron chi connectivity index (χ3n) is 3.36. The van der Waals surface area contributed by atoms with Crippen LogP contribution in [0.15, 0.2) is 35.2 Å². The predicted octanol–water partition coefficient (Wildman–Crippen LogP) is 4.64. The smallest absolute Gasteiger partial charge is 0.305 e. The van der Waals surface area contributed by atoms with Crippen molar-refractivity contribution >= 4 is 39.7 Å². The second-order valence-electron chi connectivity index (χ2n) is 4.75. The van der Waals surface area contributed by atoms with E-state index < -0.39 is 0 Å². The van der Waals surface area contributed by atoms with E-state index in [1.165, 1.54) is 21.8 Å². The second-order valence-corrected chi connectivity index (χ2v) is 7.47. The molecule has 1 atom stereocenters. The molecular weight excluding hydrogens is 328 g/mol. The lowest BCUT2D eigenvalue weighted by molar-refractivity contribution is -0.380. The van der Waals surface area contributed by atoms with Crippen LogP contribution in [0.3, 0.4) is 0 Å². The lowest BCUT2D eigenvalue weighted by Gasteiger charge is -2.26. The second kappa shape index (κ2) is 6.36. The van der Waals surface area contributed by atoms with Gasteiger partial charge in [0, 0.05) is 33.4 Å². The Morgan fingerprint density at radius 1 is 1.38 bits per heavy atom. The number of nitrogens with one attached hydrogen (secondary N) is 1. The number of halogens is 1. The molecule has 1 aromatic carbocycles. The average molecular weight is 341 g/mol. The third-order valence-corrected chi connectivity index (χ3v) is 5.76.